The highest BCUT2D eigenvalue weighted by molar-refractivity contribution is 9.11. The number of amidine groups is 1. The van der Waals surface area contributed by atoms with E-state index in [1.807, 2.05) is 25.1 Å². The molecule has 1 N–H and O–H groups in total. The number of halogens is 2. The van der Waals surface area contributed by atoms with Gasteiger partial charge in [0.2, 0.25) is 5.91 Å². The van der Waals surface area contributed by atoms with Crippen molar-refractivity contribution >= 4 is 66.4 Å². The molecule has 1 aromatic carbocycles. The van der Waals surface area contributed by atoms with Crippen molar-refractivity contribution in [2.75, 3.05) is 17.6 Å². The van der Waals surface area contributed by atoms with Gasteiger partial charge in [0.05, 0.1) is 11.4 Å². The maximum Gasteiger partial charge on any atom is 0.347 e. The second-order valence-electron chi connectivity index (χ2n) is 3.85. The average molecular weight is 421 g/mol. The fourth-order valence-electron chi connectivity index (χ4n) is 1.63. The number of anilines is 1. The summed E-state index contributed by atoms with van der Waals surface area (Å²) < 4.78 is 1.51. The van der Waals surface area contributed by atoms with Crippen molar-refractivity contribution < 1.29 is 9.59 Å². The Balaban J connectivity index is 2.15. The lowest BCUT2D eigenvalue weighted by molar-refractivity contribution is -0.123. The van der Waals surface area contributed by atoms with Gasteiger partial charge in [-0.15, -0.1) is 0 Å². The third-order valence-corrected chi connectivity index (χ3v) is 4.85. The van der Waals surface area contributed by atoms with Gasteiger partial charge in [0, 0.05) is 15.5 Å². The number of thioether (sulfide) groups is 1. The molecule has 1 aliphatic heterocycles. The lowest BCUT2D eigenvalue weighted by atomic mass is 10.3. The van der Waals surface area contributed by atoms with Gasteiger partial charge in [0.15, 0.2) is 5.17 Å². The standard InChI is InChI=1S/C12H11Br2N3O2S/c1-2-17-9(18)6-20-12(17)16-11(19)15-10-7(13)4-3-5-8(10)14/h3-5H,2,6H2,1H3,(H,15,19)/b16-12-. The van der Waals surface area contributed by atoms with E-state index in [0.29, 0.717) is 23.2 Å². The Morgan fingerprint density at radius 1 is 1.45 bits per heavy atom. The number of hydrogen-bond donors (Lipinski definition) is 1. The van der Waals surface area contributed by atoms with Crippen LogP contribution >= 0.6 is 43.6 Å². The Kier molecular flexibility index (Phi) is 5.22. The minimum absolute atomic E-state index is 0.0221. The van der Waals surface area contributed by atoms with Crippen LogP contribution in [0.2, 0.25) is 0 Å². The number of amides is 3. The number of urea groups is 1. The largest absolute Gasteiger partial charge is 0.347 e. The molecule has 20 heavy (non-hydrogen) atoms. The van der Waals surface area contributed by atoms with Crippen molar-refractivity contribution in [2.24, 2.45) is 4.99 Å². The van der Waals surface area contributed by atoms with Gasteiger partial charge in [0.25, 0.3) is 0 Å². The second kappa shape index (κ2) is 6.73. The van der Waals surface area contributed by atoms with Gasteiger partial charge in [-0.3, -0.25) is 9.69 Å². The van der Waals surface area contributed by atoms with Crippen LogP contribution in [0.5, 0.6) is 0 Å². The van der Waals surface area contributed by atoms with Gasteiger partial charge in [0.1, 0.15) is 0 Å². The molecule has 0 saturated carbocycles. The van der Waals surface area contributed by atoms with Crippen molar-refractivity contribution in [1.29, 1.82) is 0 Å². The minimum Gasteiger partial charge on any atom is -0.304 e. The van der Waals surface area contributed by atoms with Gasteiger partial charge in [-0.2, -0.15) is 4.99 Å². The Hall–Kier alpha value is -0.860. The first-order chi connectivity index (χ1) is 9.52. The van der Waals surface area contributed by atoms with Crippen molar-refractivity contribution in [3.05, 3.63) is 27.1 Å². The molecule has 3 amide bonds. The van der Waals surface area contributed by atoms with Crippen LogP contribution in [0.15, 0.2) is 32.1 Å². The minimum atomic E-state index is -0.506. The molecule has 1 heterocycles. The number of para-hydroxylation sites is 1. The number of hydrogen-bond acceptors (Lipinski definition) is 3. The monoisotopic (exact) mass is 419 g/mol. The quantitative estimate of drug-likeness (QED) is 0.793. The molecule has 1 fully saturated rings. The molecular formula is C12H11Br2N3O2S. The number of benzene rings is 1. The van der Waals surface area contributed by atoms with Crippen molar-refractivity contribution in [1.82, 2.24) is 4.90 Å². The smallest absolute Gasteiger partial charge is 0.304 e. The van der Waals surface area contributed by atoms with Crippen LogP contribution in [-0.2, 0) is 4.79 Å². The zero-order valence-corrected chi connectivity index (χ0v) is 14.5. The normalized spacial score (nSPS) is 16.9. The van der Waals surface area contributed by atoms with Crippen LogP contribution in [0.4, 0.5) is 10.5 Å². The van der Waals surface area contributed by atoms with Gasteiger partial charge >= 0.3 is 6.03 Å². The number of nitrogens with one attached hydrogen (secondary N) is 1. The fourth-order valence-corrected chi connectivity index (χ4v) is 3.77. The molecule has 0 unspecified atom stereocenters. The van der Waals surface area contributed by atoms with Crippen LogP contribution < -0.4 is 5.32 Å². The Bertz CT molecular complexity index is 572. The molecular weight excluding hydrogens is 410 g/mol. The fraction of sp³-hybridized carbons (Fsp3) is 0.250. The molecule has 0 aromatic heterocycles. The van der Waals surface area contributed by atoms with Gasteiger partial charge in [-0.1, -0.05) is 17.8 Å². The molecule has 0 radical (unpaired) electrons. The molecule has 0 spiro atoms. The molecule has 0 atom stereocenters. The van der Waals surface area contributed by atoms with E-state index < -0.39 is 6.03 Å². The van der Waals surface area contributed by atoms with Crippen LogP contribution in [0, 0.1) is 0 Å². The van der Waals surface area contributed by atoms with Gasteiger partial charge in [-0.25, -0.2) is 4.79 Å². The maximum absolute atomic E-state index is 11.9. The highest BCUT2D eigenvalue weighted by Crippen LogP contribution is 2.30. The number of aliphatic imine (C=N–C) groups is 1. The lowest BCUT2D eigenvalue weighted by Gasteiger charge is -2.12. The van der Waals surface area contributed by atoms with Crippen molar-refractivity contribution in [3.63, 3.8) is 0 Å². The predicted molar refractivity (Wildman–Crippen MR) is 88.1 cm³/mol. The van der Waals surface area contributed by atoms with Crippen LogP contribution in [0.25, 0.3) is 0 Å². The first kappa shape index (κ1) is 15.5. The molecule has 0 aliphatic carbocycles. The zero-order chi connectivity index (χ0) is 14.7. The van der Waals surface area contributed by atoms with Crippen molar-refractivity contribution in [2.45, 2.75) is 6.92 Å². The summed E-state index contributed by atoms with van der Waals surface area (Å²) in [5, 5.41) is 3.14. The Labute approximate surface area is 137 Å². The van der Waals surface area contributed by atoms with E-state index >= 15 is 0 Å². The Morgan fingerprint density at radius 2 is 2.10 bits per heavy atom. The van der Waals surface area contributed by atoms with Gasteiger partial charge < -0.3 is 5.32 Å². The number of rotatable bonds is 2. The van der Waals surface area contributed by atoms with E-state index in [0.717, 1.165) is 8.95 Å². The lowest BCUT2D eigenvalue weighted by Crippen LogP contribution is -2.30. The molecule has 1 aromatic rings. The molecule has 1 aliphatic rings. The summed E-state index contributed by atoms with van der Waals surface area (Å²) in [5.41, 5.74) is 0.610. The Morgan fingerprint density at radius 3 is 2.70 bits per heavy atom. The first-order valence-electron chi connectivity index (χ1n) is 5.79. The summed E-state index contributed by atoms with van der Waals surface area (Å²) in [4.78, 5) is 28.9. The molecule has 8 heteroatoms. The zero-order valence-electron chi connectivity index (χ0n) is 10.5. The summed E-state index contributed by atoms with van der Waals surface area (Å²) in [5.74, 6) is 0.310. The topological polar surface area (TPSA) is 61.8 Å². The molecule has 1 saturated heterocycles. The number of nitrogens with zero attached hydrogens (tertiary/aromatic N) is 2. The summed E-state index contributed by atoms with van der Waals surface area (Å²) in [6.45, 7) is 2.36. The van der Waals surface area contributed by atoms with Gasteiger partial charge in [-0.05, 0) is 50.9 Å². The SMILES string of the molecule is CCN1C(=O)CS/C1=N\C(=O)Nc1c(Br)cccc1Br. The van der Waals surface area contributed by atoms with Crippen LogP contribution in [0.3, 0.4) is 0 Å². The molecule has 106 valence electrons. The maximum atomic E-state index is 11.9. The predicted octanol–water partition coefficient (Wildman–Crippen LogP) is 3.69. The third-order valence-electron chi connectivity index (χ3n) is 2.56. The average Bonchev–Trinajstić information content (AvgIpc) is 2.74. The number of carbonyl (C=O) groups is 2. The first-order valence-corrected chi connectivity index (χ1v) is 8.37. The molecule has 2 rings (SSSR count). The van der Waals surface area contributed by atoms with Crippen molar-refractivity contribution in [3.8, 4) is 0 Å². The van der Waals surface area contributed by atoms with Crippen LogP contribution in [-0.4, -0.2) is 34.3 Å². The van der Waals surface area contributed by atoms with E-state index in [9.17, 15) is 9.59 Å². The highest BCUT2D eigenvalue weighted by atomic mass is 79.9. The summed E-state index contributed by atoms with van der Waals surface area (Å²) in [7, 11) is 0. The van der Waals surface area contributed by atoms with E-state index in [1.54, 1.807) is 0 Å². The van der Waals surface area contributed by atoms with Crippen LogP contribution in [0.1, 0.15) is 6.92 Å². The van der Waals surface area contributed by atoms with E-state index in [4.69, 9.17) is 0 Å². The summed E-state index contributed by atoms with van der Waals surface area (Å²) in [6.07, 6.45) is 0. The summed E-state index contributed by atoms with van der Waals surface area (Å²) >= 11 is 7.99. The molecule has 5 nitrogen and oxygen atoms in total. The summed E-state index contributed by atoms with van der Waals surface area (Å²) in [6, 6.07) is 4.98. The number of carbonyl (C=O) groups excluding carboxylic acids is 2. The highest BCUT2D eigenvalue weighted by Gasteiger charge is 2.27. The van der Waals surface area contributed by atoms with E-state index in [-0.39, 0.29) is 5.91 Å². The van der Waals surface area contributed by atoms with E-state index in [2.05, 4.69) is 42.2 Å². The molecule has 0 bridgehead atoms. The van der Waals surface area contributed by atoms with E-state index in [1.165, 1.54) is 16.7 Å². The second-order valence-corrected chi connectivity index (χ2v) is 6.50. The third kappa shape index (κ3) is 3.42.